The lowest BCUT2D eigenvalue weighted by atomic mass is 9.78. The molecule has 0 aromatic heterocycles. The molecule has 0 saturated heterocycles. The smallest absolute Gasteiger partial charge is 0.198 e. The summed E-state index contributed by atoms with van der Waals surface area (Å²) in [5.74, 6) is 0.480. The van der Waals surface area contributed by atoms with Gasteiger partial charge in [-0.3, -0.25) is 4.79 Å². The number of rotatable bonds is 8. The third-order valence-electron chi connectivity index (χ3n) is 6.19. The first kappa shape index (κ1) is 20.7. The van der Waals surface area contributed by atoms with Gasteiger partial charge in [-0.2, -0.15) is 0 Å². The average molecular weight is 383 g/mol. The zero-order valence-electron chi connectivity index (χ0n) is 16.7. The Labute approximate surface area is 167 Å². The summed E-state index contributed by atoms with van der Waals surface area (Å²) in [5, 5.41) is 10.3. The van der Waals surface area contributed by atoms with Crippen LogP contribution in [0.25, 0.3) is 0 Å². The van der Waals surface area contributed by atoms with Gasteiger partial charge in [-0.25, -0.2) is 4.39 Å². The van der Waals surface area contributed by atoms with E-state index in [-0.39, 0.29) is 5.56 Å². The molecular weight excluding hydrogens is 351 g/mol. The fourth-order valence-corrected chi connectivity index (χ4v) is 4.47. The topological polar surface area (TPSA) is 37.3 Å². The summed E-state index contributed by atoms with van der Waals surface area (Å²) in [7, 11) is 0. The van der Waals surface area contributed by atoms with Crippen LogP contribution in [0.4, 0.5) is 4.39 Å². The number of benzene rings is 2. The van der Waals surface area contributed by atoms with Crippen LogP contribution in [0.15, 0.2) is 48.5 Å². The molecule has 2 aromatic rings. The van der Waals surface area contributed by atoms with E-state index in [1.165, 1.54) is 44.6 Å². The molecule has 0 spiro atoms. The van der Waals surface area contributed by atoms with Gasteiger partial charge in [0.25, 0.3) is 0 Å². The van der Waals surface area contributed by atoms with E-state index in [4.69, 9.17) is 0 Å². The standard InChI is InChI=1S/C25H31FO2/c1-2-7-18-12-14-19(15-13-18)16-17-20-10-6-11-22(23(20)26)25(28)24(27)21-8-4-3-5-9-21/h3-6,8-11,18-19,24,27H,2,7,12-17H2,1H3. The molecule has 2 nitrogen and oxygen atoms in total. The van der Waals surface area contributed by atoms with Gasteiger partial charge in [0.2, 0.25) is 0 Å². The van der Waals surface area contributed by atoms with Crippen LogP contribution in [0, 0.1) is 17.7 Å². The monoisotopic (exact) mass is 382 g/mol. The van der Waals surface area contributed by atoms with Crippen molar-refractivity contribution in [2.24, 2.45) is 11.8 Å². The highest BCUT2D eigenvalue weighted by atomic mass is 19.1. The van der Waals surface area contributed by atoms with Gasteiger partial charge < -0.3 is 5.11 Å². The lowest BCUT2D eigenvalue weighted by Gasteiger charge is -2.28. The molecule has 1 aliphatic carbocycles. The summed E-state index contributed by atoms with van der Waals surface area (Å²) < 4.78 is 15.0. The van der Waals surface area contributed by atoms with Crippen molar-refractivity contribution < 1.29 is 14.3 Å². The van der Waals surface area contributed by atoms with Gasteiger partial charge in [0.1, 0.15) is 11.9 Å². The van der Waals surface area contributed by atoms with Gasteiger partial charge in [0, 0.05) is 0 Å². The predicted molar refractivity (Wildman–Crippen MR) is 111 cm³/mol. The van der Waals surface area contributed by atoms with Crippen LogP contribution in [-0.4, -0.2) is 10.9 Å². The molecule has 1 N–H and O–H groups in total. The average Bonchev–Trinajstić information content (AvgIpc) is 2.74. The first-order valence-corrected chi connectivity index (χ1v) is 10.6. The number of carbonyl (C=O) groups excluding carboxylic acids is 1. The zero-order chi connectivity index (χ0) is 19.9. The SMILES string of the molecule is CCCC1CCC(CCc2cccc(C(=O)C(O)c3ccccc3)c2F)CC1. The third-order valence-corrected chi connectivity index (χ3v) is 6.19. The molecule has 0 heterocycles. The van der Waals surface area contributed by atoms with Crippen molar-refractivity contribution in [2.75, 3.05) is 0 Å². The minimum atomic E-state index is -1.33. The van der Waals surface area contributed by atoms with Crippen LogP contribution < -0.4 is 0 Å². The van der Waals surface area contributed by atoms with Crippen molar-refractivity contribution >= 4 is 5.78 Å². The van der Waals surface area contributed by atoms with E-state index in [0.29, 0.717) is 23.5 Å². The van der Waals surface area contributed by atoms with Crippen molar-refractivity contribution in [1.29, 1.82) is 0 Å². The highest BCUT2D eigenvalue weighted by molar-refractivity contribution is 6.00. The number of aryl methyl sites for hydroxylation is 1. The van der Waals surface area contributed by atoms with Crippen molar-refractivity contribution in [3.05, 3.63) is 71.0 Å². The Balaban J connectivity index is 1.62. The Bertz CT molecular complexity index is 763. The number of hydrogen-bond acceptors (Lipinski definition) is 2. The highest BCUT2D eigenvalue weighted by Crippen LogP contribution is 2.34. The van der Waals surface area contributed by atoms with Crippen molar-refractivity contribution in [3.8, 4) is 0 Å². The van der Waals surface area contributed by atoms with Crippen molar-refractivity contribution in [2.45, 2.75) is 64.4 Å². The normalized spacial score (nSPS) is 20.7. The van der Waals surface area contributed by atoms with Crippen LogP contribution in [0.1, 0.15) is 79.5 Å². The molecule has 150 valence electrons. The molecule has 3 rings (SSSR count). The van der Waals surface area contributed by atoms with E-state index in [9.17, 15) is 14.3 Å². The minimum absolute atomic E-state index is 0.0134. The number of halogens is 1. The quantitative estimate of drug-likeness (QED) is 0.545. The maximum atomic E-state index is 15.0. The molecule has 1 unspecified atom stereocenters. The Morgan fingerprint density at radius 3 is 2.29 bits per heavy atom. The summed E-state index contributed by atoms with van der Waals surface area (Å²) in [5.41, 5.74) is 1.06. The number of aliphatic hydroxyl groups is 1. The van der Waals surface area contributed by atoms with Crippen molar-refractivity contribution in [3.63, 3.8) is 0 Å². The lowest BCUT2D eigenvalue weighted by Crippen LogP contribution is -2.16. The van der Waals surface area contributed by atoms with Crippen LogP contribution in [0.5, 0.6) is 0 Å². The lowest BCUT2D eigenvalue weighted by molar-refractivity contribution is 0.0742. The zero-order valence-corrected chi connectivity index (χ0v) is 16.7. The molecule has 1 aliphatic rings. The molecule has 3 heteroatoms. The van der Waals surface area contributed by atoms with Crippen LogP contribution in [0.2, 0.25) is 0 Å². The molecule has 1 atom stereocenters. The molecule has 0 aliphatic heterocycles. The number of ketones is 1. The fourth-order valence-electron chi connectivity index (χ4n) is 4.47. The molecule has 1 saturated carbocycles. The van der Waals surface area contributed by atoms with Gasteiger partial charge >= 0.3 is 0 Å². The number of carbonyl (C=O) groups is 1. The molecule has 28 heavy (non-hydrogen) atoms. The third kappa shape index (κ3) is 5.08. The second-order valence-corrected chi connectivity index (χ2v) is 8.17. The summed E-state index contributed by atoms with van der Waals surface area (Å²) in [4.78, 5) is 12.6. The fraction of sp³-hybridized carbons (Fsp3) is 0.480. The van der Waals surface area contributed by atoms with E-state index in [1.54, 1.807) is 36.4 Å². The van der Waals surface area contributed by atoms with Crippen LogP contribution in [-0.2, 0) is 6.42 Å². The maximum Gasteiger partial charge on any atom is 0.198 e. The summed E-state index contributed by atoms with van der Waals surface area (Å²) in [6.45, 7) is 2.25. The number of aliphatic hydroxyl groups excluding tert-OH is 1. The summed E-state index contributed by atoms with van der Waals surface area (Å²) in [6.07, 6.45) is 7.93. The predicted octanol–water partition coefficient (Wildman–Crippen LogP) is 6.28. The molecule has 0 amide bonds. The van der Waals surface area contributed by atoms with Crippen LogP contribution in [0.3, 0.4) is 0 Å². The first-order chi connectivity index (χ1) is 13.6. The van der Waals surface area contributed by atoms with Crippen molar-refractivity contribution in [1.82, 2.24) is 0 Å². The first-order valence-electron chi connectivity index (χ1n) is 10.6. The van der Waals surface area contributed by atoms with E-state index >= 15 is 0 Å². The summed E-state index contributed by atoms with van der Waals surface area (Å²) in [6, 6.07) is 13.7. The molecule has 0 radical (unpaired) electrons. The second-order valence-electron chi connectivity index (χ2n) is 8.17. The van der Waals surface area contributed by atoms with Gasteiger partial charge in [0.05, 0.1) is 5.56 Å². The van der Waals surface area contributed by atoms with Gasteiger partial charge in [-0.05, 0) is 41.9 Å². The van der Waals surface area contributed by atoms with E-state index in [2.05, 4.69) is 6.92 Å². The Kier molecular flexibility index (Phi) is 7.38. The van der Waals surface area contributed by atoms with Gasteiger partial charge in [-0.1, -0.05) is 87.9 Å². The highest BCUT2D eigenvalue weighted by Gasteiger charge is 2.24. The largest absolute Gasteiger partial charge is 0.380 e. The van der Waals surface area contributed by atoms with Gasteiger partial charge in [0.15, 0.2) is 5.78 Å². The van der Waals surface area contributed by atoms with E-state index in [1.807, 2.05) is 6.07 Å². The molecule has 2 aromatic carbocycles. The number of Topliss-reactive ketones (excluding diaryl/α,β-unsaturated/α-hetero) is 1. The van der Waals surface area contributed by atoms with Crippen LogP contribution >= 0.6 is 0 Å². The summed E-state index contributed by atoms with van der Waals surface area (Å²) >= 11 is 0. The molecule has 1 fully saturated rings. The Morgan fingerprint density at radius 1 is 1.00 bits per heavy atom. The second kappa shape index (κ2) is 9.97. The maximum absolute atomic E-state index is 15.0. The van der Waals surface area contributed by atoms with Gasteiger partial charge in [-0.15, -0.1) is 0 Å². The Morgan fingerprint density at radius 2 is 1.64 bits per heavy atom. The van der Waals surface area contributed by atoms with E-state index < -0.39 is 17.7 Å². The number of hydrogen-bond donors (Lipinski definition) is 1. The molecule has 0 bridgehead atoms. The Hall–Kier alpha value is -2.00. The van der Waals surface area contributed by atoms with E-state index in [0.717, 1.165) is 12.3 Å². The minimum Gasteiger partial charge on any atom is -0.380 e. The molecular formula is C25H31FO2.